The Morgan fingerprint density at radius 1 is 1.32 bits per heavy atom. The minimum Gasteiger partial charge on any atom is -0.350 e. The van der Waals surface area contributed by atoms with Crippen molar-refractivity contribution in [2.45, 2.75) is 26.8 Å². The van der Waals surface area contributed by atoms with Crippen LogP contribution in [0.1, 0.15) is 37.2 Å². The number of carbonyl (C=O) groups is 2. The number of thiophene rings is 1. The zero-order valence-electron chi connectivity index (χ0n) is 15.8. The molecular weight excluding hydrogens is 380 g/mol. The van der Waals surface area contributed by atoms with Crippen LogP contribution in [0.3, 0.4) is 0 Å². The molecule has 2 N–H and O–H groups in total. The Kier molecular flexibility index (Phi) is 4.50. The molecule has 3 aromatic rings. The third-order valence-electron chi connectivity index (χ3n) is 4.96. The van der Waals surface area contributed by atoms with E-state index in [9.17, 15) is 14.4 Å². The zero-order chi connectivity index (χ0) is 20.0. The summed E-state index contributed by atoms with van der Waals surface area (Å²) in [6.45, 7) is 5.31. The summed E-state index contributed by atoms with van der Waals surface area (Å²) >= 11 is 1.49. The number of hydrogen-bond acceptors (Lipinski definition) is 6. The fourth-order valence-electron chi connectivity index (χ4n) is 3.21. The number of hydrogen-bond donors (Lipinski definition) is 2. The highest BCUT2D eigenvalue weighted by Crippen LogP contribution is 2.25. The van der Waals surface area contributed by atoms with E-state index < -0.39 is 0 Å². The first-order chi connectivity index (χ1) is 13.3. The number of fused-ring (bicyclic) bond motifs is 2. The maximum atomic E-state index is 12.4. The van der Waals surface area contributed by atoms with Crippen molar-refractivity contribution in [1.29, 1.82) is 0 Å². The van der Waals surface area contributed by atoms with Crippen molar-refractivity contribution >= 4 is 33.4 Å². The third kappa shape index (κ3) is 3.09. The molecule has 1 aliphatic rings. The van der Waals surface area contributed by atoms with Crippen molar-refractivity contribution in [3.63, 3.8) is 0 Å². The van der Waals surface area contributed by atoms with Gasteiger partial charge >= 0.3 is 0 Å². The molecule has 1 aliphatic heterocycles. The van der Waals surface area contributed by atoms with Gasteiger partial charge in [0.2, 0.25) is 0 Å². The molecule has 0 bridgehead atoms. The summed E-state index contributed by atoms with van der Waals surface area (Å²) in [5.41, 5.74) is 1.42. The Morgan fingerprint density at radius 2 is 2.11 bits per heavy atom. The van der Waals surface area contributed by atoms with Gasteiger partial charge in [-0.25, -0.2) is 4.98 Å². The molecule has 0 saturated heterocycles. The molecule has 4 rings (SSSR count). The van der Waals surface area contributed by atoms with Crippen molar-refractivity contribution in [1.82, 2.24) is 30.0 Å². The number of aromatic nitrogens is 4. The van der Waals surface area contributed by atoms with Gasteiger partial charge in [-0.05, 0) is 19.4 Å². The first kappa shape index (κ1) is 18.4. The number of nitrogens with zero attached hydrogens (tertiary/aromatic N) is 4. The van der Waals surface area contributed by atoms with E-state index in [4.69, 9.17) is 0 Å². The lowest BCUT2D eigenvalue weighted by Crippen LogP contribution is -2.37. The maximum absolute atomic E-state index is 12.4. The summed E-state index contributed by atoms with van der Waals surface area (Å²) in [6.07, 6.45) is 0.391. The highest BCUT2D eigenvalue weighted by molar-refractivity contribution is 7.18. The normalized spacial score (nSPS) is 13.8. The van der Waals surface area contributed by atoms with Crippen molar-refractivity contribution in [3.05, 3.63) is 44.1 Å². The number of aryl methyl sites for hydroxylation is 2. The first-order valence-corrected chi connectivity index (χ1v) is 9.77. The van der Waals surface area contributed by atoms with Gasteiger partial charge in [-0.1, -0.05) is 0 Å². The van der Waals surface area contributed by atoms with Crippen LogP contribution < -0.4 is 10.9 Å². The van der Waals surface area contributed by atoms with E-state index in [2.05, 4.69) is 20.4 Å². The van der Waals surface area contributed by atoms with Gasteiger partial charge < -0.3 is 15.2 Å². The second kappa shape index (κ2) is 6.86. The predicted octanol–water partition coefficient (Wildman–Crippen LogP) is 0.856. The van der Waals surface area contributed by atoms with Crippen molar-refractivity contribution in [3.8, 4) is 0 Å². The molecule has 3 aromatic heterocycles. The summed E-state index contributed by atoms with van der Waals surface area (Å²) in [5, 5.41) is 7.62. The molecule has 0 radical (unpaired) electrons. The van der Waals surface area contributed by atoms with Crippen LogP contribution in [0.25, 0.3) is 10.2 Å². The SMILES string of the molecule is Cc1sc2nc(CCNC(=O)c3cc4n(n3)CCN(C)C4=O)[nH]c(=O)c2c1C. The number of carbonyl (C=O) groups excluding carboxylic acids is 2. The van der Waals surface area contributed by atoms with Gasteiger partial charge in [-0.3, -0.25) is 19.1 Å². The molecule has 0 aliphatic carbocycles. The van der Waals surface area contributed by atoms with E-state index in [1.807, 2.05) is 13.8 Å². The fraction of sp³-hybridized carbons (Fsp3) is 0.389. The Morgan fingerprint density at radius 3 is 2.89 bits per heavy atom. The molecule has 0 fully saturated rings. The Balaban J connectivity index is 1.44. The van der Waals surface area contributed by atoms with Crippen LogP contribution in [-0.2, 0) is 13.0 Å². The molecular formula is C18H20N6O3S. The van der Waals surface area contributed by atoms with Crippen LogP contribution in [0.5, 0.6) is 0 Å². The molecule has 146 valence electrons. The van der Waals surface area contributed by atoms with Crippen LogP contribution in [0.15, 0.2) is 10.9 Å². The van der Waals surface area contributed by atoms with Crippen molar-refractivity contribution < 1.29 is 9.59 Å². The van der Waals surface area contributed by atoms with Crippen LogP contribution in [0.2, 0.25) is 0 Å². The molecule has 0 atom stereocenters. The second-order valence-electron chi connectivity index (χ2n) is 6.85. The van der Waals surface area contributed by atoms with Gasteiger partial charge in [-0.15, -0.1) is 11.3 Å². The third-order valence-corrected chi connectivity index (χ3v) is 6.06. The summed E-state index contributed by atoms with van der Waals surface area (Å²) in [6, 6.07) is 1.51. The minimum absolute atomic E-state index is 0.144. The van der Waals surface area contributed by atoms with Gasteiger partial charge in [0.05, 0.1) is 11.9 Å². The van der Waals surface area contributed by atoms with E-state index in [1.54, 1.807) is 16.6 Å². The van der Waals surface area contributed by atoms with E-state index in [0.29, 0.717) is 47.8 Å². The maximum Gasteiger partial charge on any atom is 0.271 e. The van der Waals surface area contributed by atoms with E-state index in [-0.39, 0.29) is 23.1 Å². The average Bonchev–Trinajstić information content (AvgIpc) is 3.20. The Hall–Kier alpha value is -3.01. The smallest absolute Gasteiger partial charge is 0.271 e. The fourth-order valence-corrected chi connectivity index (χ4v) is 4.26. The lowest BCUT2D eigenvalue weighted by atomic mass is 10.2. The van der Waals surface area contributed by atoms with Gasteiger partial charge in [-0.2, -0.15) is 5.10 Å². The quantitative estimate of drug-likeness (QED) is 0.674. The molecule has 0 aromatic carbocycles. The monoisotopic (exact) mass is 400 g/mol. The zero-order valence-corrected chi connectivity index (χ0v) is 16.6. The number of H-pyrrole nitrogens is 1. The van der Waals surface area contributed by atoms with Crippen LogP contribution in [0.4, 0.5) is 0 Å². The Bertz CT molecular complexity index is 1160. The molecule has 0 unspecified atom stereocenters. The molecule has 28 heavy (non-hydrogen) atoms. The standard InChI is InChI=1S/C18H20N6O3S/c1-9-10(2)28-17-14(9)16(26)20-13(21-17)4-5-19-15(25)11-8-12-18(27)23(3)6-7-24(12)22-11/h8H,4-7H2,1-3H3,(H,19,25)(H,20,21,26). The largest absolute Gasteiger partial charge is 0.350 e. The van der Waals surface area contributed by atoms with E-state index >= 15 is 0 Å². The highest BCUT2D eigenvalue weighted by atomic mass is 32.1. The van der Waals surface area contributed by atoms with Gasteiger partial charge in [0.25, 0.3) is 17.4 Å². The van der Waals surface area contributed by atoms with Gasteiger partial charge in [0.1, 0.15) is 16.3 Å². The number of rotatable bonds is 4. The van der Waals surface area contributed by atoms with Crippen LogP contribution in [-0.4, -0.2) is 56.6 Å². The first-order valence-electron chi connectivity index (χ1n) is 8.95. The minimum atomic E-state index is -0.358. The number of aromatic amines is 1. The Labute approximate surface area is 164 Å². The number of nitrogens with one attached hydrogen (secondary N) is 2. The predicted molar refractivity (Wildman–Crippen MR) is 105 cm³/mol. The van der Waals surface area contributed by atoms with E-state index in [1.165, 1.54) is 17.4 Å². The number of likely N-dealkylation sites (N-methyl/N-ethyl adjacent to an activating group) is 1. The molecule has 2 amide bonds. The summed E-state index contributed by atoms with van der Waals surface area (Å²) in [4.78, 5) is 47.4. The van der Waals surface area contributed by atoms with E-state index in [0.717, 1.165) is 10.4 Å². The van der Waals surface area contributed by atoms with Crippen LogP contribution in [0, 0.1) is 13.8 Å². The van der Waals surface area contributed by atoms with Crippen molar-refractivity contribution in [2.24, 2.45) is 0 Å². The van der Waals surface area contributed by atoms with Gasteiger partial charge in [0.15, 0.2) is 5.69 Å². The molecule has 10 heteroatoms. The highest BCUT2D eigenvalue weighted by Gasteiger charge is 2.25. The molecule has 0 spiro atoms. The lowest BCUT2D eigenvalue weighted by molar-refractivity contribution is 0.0742. The second-order valence-corrected chi connectivity index (χ2v) is 8.05. The molecule has 4 heterocycles. The topological polar surface area (TPSA) is 113 Å². The van der Waals surface area contributed by atoms with Crippen molar-refractivity contribution in [2.75, 3.05) is 20.1 Å². The number of amides is 2. The molecule has 0 saturated carbocycles. The average molecular weight is 400 g/mol. The summed E-state index contributed by atoms with van der Waals surface area (Å²) < 4.78 is 1.56. The van der Waals surface area contributed by atoms with Crippen LogP contribution >= 0.6 is 11.3 Å². The lowest BCUT2D eigenvalue weighted by Gasteiger charge is -2.22. The summed E-state index contributed by atoms with van der Waals surface area (Å²) in [7, 11) is 1.72. The molecule has 9 nitrogen and oxygen atoms in total. The summed E-state index contributed by atoms with van der Waals surface area (Å²) in [5.74, 6) is 0.0259. The van der Waals surface area contributed by atoms with Gasteiger partial charge in [0, 0.05) is 37.5 Å².